The minimum atomic E-state index is -0.532. The predicted molar refractivity (Wildman–Crippen MR) is 58.1 cm³/mol. The number of hydrazine groups is 1. The van der Waals surface area contributed by atoms with Crippen LogP contribution < -0.4 is 5.84 Å². The zero-order valence-corrected chi connectivity index (χ0v) is 9.28. The van der Waals surface area contributed by atoms with Crippen LogP contribution in [0, 0.1) is 13.8 Å². The van der Waals surface area contributed by atoms with Crippen LogP contribution in [-0.4, -0.2) is 18.2 Å². The van der Waals surface area contributed by atoms with Crippen molar-refractivity contribution in [2.75, 3.05) is 7.11 Å². The van der Waals surface area contributed by atoms with Crippen molar-refractivity contribution in [1.82, 2.24) is 5.01 Å². The molecule has 0 unspecified atom stereocenters. The van der Waals surface area contributed by atoms with Gasteiger partial charge in [-0.05, 0) is 25.0 Å². The predicted octanol–water partition coefficient (Wildman–Crippen LogP) is 1.75. The third kappa shape index (κ3) is 2.95. The van der Waals surface area contributed by atoms with Gasteiger partial charge < -0.3 is 4.74 Å². The molecule has 4 heteroatoms. The smallest absolute Gasteiger partial charge is 0.424 e. The second kappa shape index (κ2) is 4.79. The Morgan fingerprint density at radius 1 is 1.47 bits per heavy atom. The fourth-order valence-corrected chi connectivity index (χ4v) is 1.39. The number of benzene rings is 1. The SMILES string of the molecule is COC(=O)N(N)Cc1ccc(C)cc1C. The highest BCUT2D eigenvalue weighted by atomic mass is 16.5. The standard InChI is InChI=1S/C11H16N2O2/c1-8-4-5-10(9(2)6-8)7-13(12)11(14)15-3/h4-6H,7,12H2,1-3H3. The number of amides is 1. The highest BCUT2D eigenvalue weighted by molar-refractivity contribution is 5.66. The average molecular weight is 208 g/mol. The molecule has 0 aliphatic carbocycles. The Labute approximate surface area is 89.6 Å². The van der Waals surface area contributed by atoms with Crippen molar-refractivity contribution in [3.8, 4) is 0 Å². The molecular formula is C11H16N2O2. The number of carbonyl (C=O) groups excluding carboxylic acids is 1. The first-order valence-electron chi connectivity index (χ1n) is 4.71. The Hall–Kier alpha value is -1.55. The van der Waals surface area contributed by atoms with Crippen LogP contribution in [0.3, 0.4) is 0 Å². The van der Waals surface area contributed by atoms with Gasteiger partial charge in [0.1, 0.15) is 0 Å². The van der Waals surface area contributed by atoms with Crippen molar-refractivity contribution in [3.05, 3.63) is 34.9 Å². The van der Waals surface area contributed by atoms with Gasteiger partial charge in [0.25, 0.3) is 0 Å². The molecule has 0 aromatic heterocycles. The fraction of sp³-hybridized carbons (Fsp3) is 0.364. The molecule has 0 aliphatic rings. The number of nitrogens with two attached hydrogens (primary N) is 1. The van der Waals surface area contributed by atoms with Gasteiger partial charge in [-0.3, -0.25) is 0 Å². The molecule has 0 aliphatic heterocycles. The Morgan fingerprint density at radius 2 is 2.13 bits per heavy atom. The normalized spacial score (nSPS) is 9.87. The maximum Gasteiger partial charge on any atom is 0.424 e. The van der Waals surface area contributed by atoms with E-state index >= 15 is 0 Å². The van der Waals surface area contributed by atoms with Gasteiger partial charge in [0.05, 0.1) is 13.7 Å². The number of hydrogen-bond donors (Lipinski definition) is 1. The molecular weight excluding hydrogens is 192 g/mol. The van der Waals surface area contributed by atoms with E-state index < -0.39 is 6.09 Å². The van der Waals surface area contributed by atoms with Gasteiger partial charge in [0.15, 0.2) is 0 Å². The molecule has 0 atom stereocenters. The highest BCUT2D eigenvalue weighted by Gasteiger charge is 2.10. The second-order valence-corrected chi connectivity index (χ2v) is 3.53. The van der Waals surface area contributed by atoms with Crippen molar-refractivity contribution in [2.24, 2.45) is 5.84 Å². The van der Waals surface area contributed by atoms with Crippen LogP contribution in [0.25, 0.3) is 0 Å². The van der Waals surface area contributed by atoms with Gasteiger partial charge in [-0.1, -0.05) is 23.8 Å². The summed E-state index contributed by atoms with van der Waals surface area (Å²) in [5, 5.41) is 1.05. The van der Waals surface area contributed by atoms with E-state index in [2.05, 4.69) is 10.8 Å². The summed E-state index contributed by atoms with van der Waals surface area (Å²) in [5.41, 5.74) is 3.33. The van der Waals surface area contributed by atoms with Gasteiger partial charge in [0, 0.05) is 0 Å². The Balaban J connectivity index is 2.76. The van der Waals surface area contributed by atoms with E-state index in [0.717, 1.165) is 16.1 Å². The van der Waals surface area contributed by atoms with E-state index in [1.54, 1.807) is 0 Å². The van der Waals surface area contributed by atoms with Crippen LogP contribution in [0.1, 0.15) is 16.7 Å². The van der Waals surface area contributed by atoms with E-state index in [0.29, 0.717) is 6.54 Å². The Morgan fingerprint density at radius 3 is 2.67 bits per heavy atom. The third-order valence-corrected chi connectivity index (χ3v) is 2.25. The molecule has 0 saturated heterocycles. The average Bonchev–Trinajstić information content (AvgIpc) is 2.20. The van der Waals surface area contributed by atoms with Gasteiger partial charge in [-0.25, -0.2) is 15.6 Å². The van der Waals surface area contributed by atoms with Gasteiger partial charge in [-0.15, -0.1) is 0 Å². The van der Waals surface area contributed by atoms with Gasteiger partial charge >= 0.3 is 6.09 Å². The molecule has 4 nitrogen and oxygen atoms in total. The molecule has 1 aromatic carbocycles. The van der Waals surface area contributed by atoms with Gasteiger partial charge in [-0.2, -0.15) is 0 Å². The largest absolute Gasteiger partial charge is 0.452 e. The topological polar surface area (TPSA) is 55.6 Å². The molecule has 0 radical (unpaired) electrons. The highest BCUT2D eigenvalue weighted by Crippen LogP contribution is 2.12. The number of rotatable bonds is 2. The summed E-state index contributed by atoms with van der Waals surface area (Å²) in [6, 6.07) is 6.02. The molecule has 1 amide bonds. The minimum absolute atomic E-state index is 0.360. The zero-order valence-electron chi connectivity index (χ0n) is 9.28. The lowest BCUT2D eigenvalue weighted by Gasteiger charge is -2.16. The molecule has 0 spiro atoms. The van der Waals surface area contributed by atoms with Crippen LogP contribution >= 0.6 is 0 Å². The molecule has 1 aromatic rings. The monoisotopic (exact) mass is 208 g/mol. The first kappa shape index (κ1) is 11.5. The first-order valence-corrected chi connectivity index (χ1v) is 4.71. The van der Waals surface area contributed by atoms with E-state index in [4.69, 9.17) is 5.84 Å². The second-order valence-electron chi connectivity index (χ2n) is 3.53. The molecule has 0 saturated carbocycles. The lowest BCUT2D eigenvalue weighted by atomic mass is 10.1. The van der Waals surface area contributed by atoms with E-state index in [1.165, 1.54) is 12.7 Å². The van der Waals surface area contributed by atoms with Crippen molar-refractivity contribution in [1.29, 1.82) is 0 Å². The summed E-state index contributed by atoms with van der Waals surface area (Å²) >= 11 is 0. The van der Waals surface area contributed by atoms with Crippen molar-refractivity contribution >= 4 is 6.09 Å². The van der Waals surface area contributed by atoms with Crippen molar-refractivity contribution in [2.45, 2.75) is 20.4 Å². The number of nitrogens with zero attached hydrogens (tertiary/aromatic N) is 1. The zero-order chi connectivity index (χ0) is 11.4. The molecule has 0 bridgehead atoms. The maximum atomic E-state index is 11.1. The first-order chi connectivity index (χ1) is 7.04. The lowest BCUT2D eigenvalue weighted by molar-refractivity contribution is 0.121. The van der Waals surface area contributed by atoms with E-state index in [9.17, 15) is 4.79 Å². The Bertz CT molecular complexity index is 364. The van der Waals surface area contributed by atoms with Gasteiger partial charge in [0.2, 0.25) is 0 Å². The summed E-state index contributed by atoms with van der Waals surface area (Å²) in [4.78, 5) is 11.1. The number of hydrogen-bond acceptors (Lipinski definition) is 3. The number of aryl methyl sites for hydroxylation is 2. The molecule has 15 heavy (non-hydrogen) atoms. The van der Waals surface area contributed by atoms with Crippen molar-refractivity contribution < 1.29 is 9.53 Å². The summed E-state index contributed by atoms with van der Waals surface area (Å²) in [6.45, 7) is 4.38. The number of methoxy groups -OCH3 is 1. The summed E-state index contributed by atoms with van der Waals surface area (Å²) in [7, 11) is 1.31. The molecule has 0 heterocycles. The summed E-state index contributed by atoms with van der Waals surface area (Å²) in [5.74, 6) is 5.53. The van der Waals surface area contributed by atoms with Crippen LogP contribution in [0.15, 0.2) is 18.2 Å². The van der Waals surface area contributed by atoms with Crippen LogP contribution in [0.2, 0.25) is 0 Å². The molecule has 82 valence electrons. The third-order valence-electron chi connectivity index (χ3n) is 2.25. The van der Waals surface area contributed by atoms with Crippen LogP contribution in [-0.2, 0) is 11.3 Å². The molecule has 0 fully saturated rings. The number of carbonyl (C=O) groups is 1. The van der Waals surface area contributed by atoms with Crippen molar-refractivity contribution in [3.63, 3.8) is 0 Å². The summed E-state index contributed by atoms with van der Waals surface area (Å²) in [6.07, 6.45) is -0.532. The van der Waals surface area contributed by atoms with E-state index in [1.807, 2.05) is 26.0 Å². The fourth-order valence-electron chi connectivity index (χ4n) is 1.39. The lowest BCUT2D eigenvalue weighted by Crippen LogP contribution is -2.36. The maximum absolute atomic E-state index is 11.1. The quantitative estimate of drug-likeness (QED) is 0.457. The Kier molecular flexibility index (Phi) is 3.68. The number of ether oxygens (including phenoxy) is 1. The van der Waals surface area contributed by atoms with Crippen LogP contribution in [0.4, 0.5) is 4.79 Å². The van der Waals surface area contributed by atoms with E-state index in [-0.39, 0.29) is 0 Å². The minimum Gasteiger partial charge on any atom is -0.452 e. The summed E-state index contributed by atoms with van der Waals surface area (Å²) < 4.78 is 4.51. The van der Waals surface area contributed by atoms with Crippen LogP contribution in [0.5, 0.6) is 0 Å². The molecule has 1 rings (SSSR count). The molecule has 2 N–H and O–H groups in total.